The van der Waals surface area contributed by atoms with Crippen LogP contribution < -0.4 is 0 Å². The molecule has 0 aromatic carbocycles. The molecule has 0 N–H and O–H groups in total. The van der Waals surface area contributed by atoms with Crippen LogP contribution in [0.3, 0.4) is 0 Å². The van der Waals surface area contributed by atoms with Crippen molar-refractivity contribution in [2.45, 2.75) is 72.6 Å². The van der Waals surface area contributed by atoms with Crippen molar-refractivity contribution < 1.29 is 0 Å². The van der Waals surface area contributed by atoms with Crippen LogP contribution in [0.4, 0.5) is 0 Å². The summed E-state index contributed by atoms with van der Waals surface area (Å²) >= 11 is 0. The molecule has 0 aromatic rings. The van der Waals surface area contributed by atoms with Crippen molar-refractivity contribution in [1.29, 1.82) is 0 Å². The third kappa shape index (κ3) is 2.20. The molecule has 0 saturated heterocycles. The van der Waals surface area contributed by atoms with E-state index >= 15 is 0 Å². The normalized spacial score (nSPS) is 53.5. The molecule has 0 heteroatoms. The first-order valence-corrected chi connectivity index (χ1v) is 8.69. The Bertz CT molecular complexity index is 366. The summed E-state index contributed by atoms with van der Waals surface area (Å²) in [5, 5.41) is 0. The van der Waals surface area contributed by atoms with Gasteiger partial charge in [-0.1, -0.05) is 38.8 Å². The molecule has 0 bridgehead atoms. The predicted molar refractivity (Wildman–Crippen MR) is 83.0 cm³/mol. The molecule has 0 nitrogen and oxygen atoms in total. The second kappa shape index (κ2) is 4.93. The van der Waals surface area contributed by atoms with Gasteiger partial charge in [0.05, 0.1) is 0 Å². The van der Waals surface area contributed by atoms with Gasteiger partial charge in [0.2, 0.25) is 0 Å². The summed E-state index contributed by atoms with van der Waals surface area (Å²) in [6.07, 6.45) is 12.8. The average Bonchev–Trinajstić information content (AvgIpc) is 2.68. The van der Waals surface area contributed by atoms with Gasteiger partial charge in [0.1, 0.15) is 0 Å². The minimum atomic E-state index is 0.671. The van der Waals surface area contributed by atoms with Gasteiger partial charge in [0.25, 0.3) is 0 Å². The molecule has 0 heterocycles. The molecule has 0 aromatic heterocycles. The van der Waals surface area contributed by atoms with Crippen molar-refractivity contribution in [2.75, 3.05) is 0 Å². The Morgan fingerprint density at radius 2 is 1.84 bits per heavy atom. The fourth-order valence-electron chi connectivity index (χ4n) is 5.65. The van der Waals surface area contributed by atoms with E-state index in [2.05, 4.69) is 33.8 Å². The summed E-state index contributed by atoms with van der Waals surface area (Å²) in [6.45, 7) is 10.0. The van der Waals surface area contributed by atoms with Gasteiger partial charge in [-0.2, -0.15) is 0 Å². The first-order valence-electron chi connectivity index (χ1n) is 8.69. The Morgan fingerprint density at radius 3 is 2.63 bits per heavy atom. The lowest BCUT2D eigenvalue weighted by atomic mass is 9.55. The van der Waals surface area contributed by atoms with Crippen molar-refractivity contribution in [3.8, 4) is 0 Å². The first kappa shape index (κ1) is 13.7. The molecular formula is C19H32. The third-order valence-electron chi connectivity index (χ3n) is 7.33. The van der Waals surface area contributed by atoms with Crippen molar-refractivity contribution in [1.82, 2.24) is 0 Å². The molecule has 2 fully saturated rings. The van der Waals surface area contributed by atoms with Gasteiger partial charge in [0.15, 0.2) is 0 Å². The Hall–Kier alpha value is -0.260. The number of allylic oxidation sites excluding steroid dienone is 2. The van der Waals surface area contributed by atoms with E-state index in [-0.39, 0.29) is 0 Å². The van der Waals surface area contributed by atoms with E-state index in [1.807, 2.05) is 0 Å². The molecule has 6 atom stereocenters. The SMILES string of the molecule is C/C1=C\CC(C)CCC2C1CCC1(C)C(C)CCC21. The van der Waals surface area contributed by atoms with Gasteiger partial charge in [-0.15, -0.1) is 0 Å². The quantitative estimate of drug-likeness (QED) is 0.481. The monoisotopic (exact) mass is 260 g/mol. The topological polar surface area (TPSA) is 0 Å². The van der Waals surface area contributed by atoms with Gasteiger partial charge in [-0.05, 0) is 80.5 Å². The Kier molecular flexibility index (Phi) is 3.56. The largest absolute Gasteiger partial charge is 0.0851 e. The number of fused-ring (bicyclic) bond motifs is 3. The first-order chi connectivity index (χ1) is 9.02. The van der Waals surface area contributed by atoms with E-state index in [1.165, 1.54) is 44.9 Å². The lowest BCUT2D eigenvalue weighted by Crippen LogP contribution is -2.41. The Labute approximate surface area is 120 Å². The highest BCUT2D eigenvalue weighted by molar-refractivity contribution is 5.13. The molecule has 3 rings (SSSR count). The summed E-state index contributed by atoms with van der Waals surface area (Å²) in [5.41, 5.74) is 2.40. The fourth-order valence-corrected chi connectivity index (χ4v) is 5.65. The standard InChI is InChI=1S/C19H32/c1-13-5-7-14(2)16-11-12-19(4)15(3)8-10-18(19)17(16)9-6-13/h7,13,15-18H,5-6,8-12H2,1-4H3/b14-7+. The van der Waals surface area contributed by atoms with Crippen LogP contribution in [-0.2, 0) is 0 Å². The van der Waals surface area contributed by atoms with E-state index in [4.69, 9.17) is 0 Å². The van der Waals surface area contributed by atoms with E-state index in [0.29, 0.717) is 5.41 Å². The van der Waals surface area contributed by atoms with Crippen molar-refractivity contribution in [3.63, 3.8) is 0 Å². The second-order valence-corrected chi connectivity index (χ2v) is 8.27. The maximum absolute atomic E-state index is 2.62. The molecule has 3 aliphatic carbocycles. The number of rotatable bonds is 0. The minimum Gasteiger partial charge on any atom is -0.0851 e. The molecule has 0 amide bonds. The van der Waals surface area contributed by atoms with Crippen LogP contribution in [0.2, 0.25) is 0 Å². The molecule has 0 radical (unpaired) electrons. The zero-order valence-corrected chi connectivity index (χ0v) is 13.4. The van der Waals surface area contributed by atoms with E-state index < -0.39 is 0 Å². The molecule has 0 aliphatic heterocycles. The molecule has 6 unspecified atom stereocenters. The van der Waals surface area contributed by atoms with Crippen LogP contribution in [0.5, 0.6) is 0 Å². The van der Waals surface area contributed by atoms with E-state index in [9.17, 15) is 0 Å². The fraction of sp³-hybridized carbons (Fsp3) is 0.895. The van der Waals surface area contributed by atoms with Crippen LogP contribution in [0.25, 0.3) is 0 Å². The van der Waals surface area contributed by atoms with Crippen LogP contribution >= 0.6 is 0 Å². The Morgan fingerprint density at radius 1 is 1.05 bits per heavy atom. The van der Waals surface area contributed by atoms with Crippen LogP contribution in [-0.4, -0.2) is 0 Å². The number of hydrogen-bond acceptors (Lipinski definition) is 0. The summed E-state index contributed by atoms with van der Waals surface area (Å²) in [6, 6.07) is 0. The van der Waals surface area contributed by atoms with Crippen LogP contribution in [0, 0.1) is 35.0 Å². The Balaban J connectivity index is 1.89. The lowest BCUT2D eigenvalue weighted by molar-refractivity contribution is 0.0204. The zero-order chi connectivity index (χ0) is 13.6. The summed E-state index contributed by atoms with van der Waals surface area (Å²) in [4.78, 5) is 0. The number of hydrogen-bond donors (Lipinski definition) is 0. The lowest BCUT2D eigenvalue weighted by Gasteiger charge is -2.49. The van der Waals surface area contributed by atoms with Crippen molar-refractivity contribution in [3.05, 3.63) is 11.6 Å². The van der Waals surface area contributed by atoms with Crippen LogP contribution in [0.1, 0.15) is 72.6 Å². The molecular weight excluding hydrogens is 228 g/mol. The van der Waals surface area contributed by atoms with Gasteiger partial charge < -0.3 is 0 Å². The van der Waals surface area contributed by atoms with E-state index in [1.54, 1.807) is 5.57 Å². The highest BCUT2D eigenvalue weighted by Gasteiger charge is 2.52. The highest BCUT2D eigenvalue weighted by Crippen LogP contribution is 2.61. The molecule has 108 valence electrons. The van der Waals surface area contributed by atoms with Gasteiger partial charge in [0, 0.05) is 0 Å². The predicted octanol–water partition coefficient (Wildman–Crippen LogP) is 5.83. The van der Waals surface area contributed by atoms with Crippen molar-refractivity contribution in [2.24, 2.45) is 35.0 Å². The van der Waals surface area contributed by atoms with Crippen LogP contribution in [0.15, 0.2) is 11.6 Å². The summed E-state index contributed by atoms with van der Waals surface area (Å²) in [7, 11) is 0. The summed E-state index contributed by atoms with van der Waals surface area (Å²) < 4.78 is 0. The van der Waals surface area contributed by atoms with Gasteiger partial charge >= 0.3 is 0 Å². The second-order valence-electron chi connectivity index (χ2n) is 8.27. The maximum atomic E-state index is 2.62. The molecule has 0 spiro atoms. The molecule has 3 aliphatic rings. The average molecular weight is 260 g/mol. The third-order valence-corrected chi connectivity index (χ3v) is 7.33. The summed E-state index contributed by atoms with van der Waals surface area (Å²) in [5.74, 6) is 4.82. The molecule has 2 saturated carbocycles. The van der Waals surface area contributed by atoms with Crippen molar-refractivity contribution >= 4 is 0 Å². The molecule has 19 heavy (non-hydrogen) atoms. The minimum absolute atomic E-state index is 0.671. The zero-order valence-electron chi connectivity index (χ0n) is 13.4. The van der Waals surface area contributed by atoms with Gasteiger partial charge in [-0.3, -0.25) is 0 Å². The highest BCUT2D eigenvalue weighted by atomic mass is 14.6. The van der Waals surface area contributed by atoms with E-state index in [0.717, 1.165) is 29.6 Å². The maximum Gasteiger partial charge on any atom is -0.0175 e. The van der Waals surface area contributed by atoms with Gasteiger partial charge in [-0.25, -0.2) is 0 Å². The smallest absolute Gasteiger partial charge is 0.0175 e.